The lowest BCUT2D eigenvalue weighted by atomic mass is 10.7. The largest absolute Gasteiger partial charge is 0.436 e. The van der Waals surface area contributed by atoms with Crippen LogP contribution in [0.5, 0.6) is 0 Å². The van der Waals surface area contributed by atoms with Crippen molar-refractivity contribution in [2.75, 3.05) is 0 Å². The Labute approximate surface area is 112 Å². The Hall–Kier alpha value is 1.68. The van der Waals surface area contributed by atoms with E-state index in [1.165, 1.54) is 0 Å². The summed E-state index contributed by atoms with van der Waals surface area (Å²) in [6.45, 7) is 2.04. The van der Waals surface area contributed by atoms with Crippen molar-refractivity contribution in [3.05, 3.63) is 12.3 Å². The van der Waals surface area contributed by atoms with E-state index >= 15 is 0 Å². The maximum Gasteiger partial charge on any atom is 0.350 e. The van der Waals surface area contributed by atoms with Crippen LogP contribution in [-0.2, 0) is 4.52 Å². The van der Waals surface area contributed by atoms with Crippen molar-refractivity contribution in [2.45, 2.75) is 6.92 Å². The third kappa shape index (κ3) is 4.82. The van der Waals surface area contributed by atoms with Gasteiger partial charge in [-0.1, -0.05) is 6.58 Å². The smallest absolute Gasteiger partial charge is 0.350 e. The molecule has 1 aliphatic heterocycles. The van der Waals surface area contributed by atoms with Gasteiger partial charge in [-0.25, -0.2) is 0 Å². The first-order valence-electron chi connectivity index (χ1n) is 3.29. The van der Waals surface area contributed by atoms with Gasteiger partial charge in [-0.15, -0.1) is 0 Å². The molecule has 1 heterocycles. The minimum absolute atomic E-state index is 0.328. The van der Waals surface area contributed by atoms with Gasteiger partial charge in [0.2, 0.25) is 0 Å². The fourth-order valence-electron chi connectivity index (χ4n) is 0.683. The van der Waals surface area contributed by atoms with Crippen LogP contribution in [0.25, 0.3) is 0 Å². The summed E-state index contributed by atoms with van der Waals surface area (Å²) in [6, 6.07) is 0. The fourth-order valence-corrected chi connectivity index (χ4v) is 17.4. The van der Waals surface area contributed by atoms with Crippen molar-refractivity contribution in [1.82, 2.24) is 0 Å². The minimum Gasteiger partial charge on any atom is -0.436 e. The standard InChI is InChI=1S/C3H5Cl5N3OP3/c1-3(2)12-15(8)10-13(4,5)9-14(6,7)11-15/h1H2,2H3. The molecule has 12 heteroatoms. The Morgan fingerprint density at radius 3 is 1.87 bits per heavy atom. The maximum atomic E-state index is 5.99. The minimum atomic E-state index is -3.06. The molecule has 0 spiro atoms. The molecule has 0 aromatic heterocycles. The van der Waals surface area contributed by atoms with Crippen LogP contribution in [0.2, 0.25) is 0 Å². The number of nitrogens with zero attached hydrogens (tertiary/aromatic N) is 3. The maximum absolute atomic E-state index is 5.99. The van der Waals surface area contributed by atoms with E-state index in [9.17, 15) is 0 Å². The lowest BCUT2D eigenvalue weighted by Crippen LogP contribution is -1.79. The highest BCUT2D eigenvalue weighted by Gasteiger charge is 2.33. The van der Waals surface area contributed by atoms with Crippen molar-refractivity contribution in [3.8, 4) is 0 Å². The highest BCUT2D eigenvalue weighted by molar-refractivity contribution is 8.22. The van der Waals surface area contributed by atoms with E-state index in [-0.39, 0.29) is 0 Å². The summed E-state index contributed by atoms with van der Waals surface area (Å²) in [5, 5.41) is 0. The van der Waals surface area contributed by atoms with Crippen molar-refractivity contribution in [2.24, 2.45) is 13.5 Å². The van der Waals surface area contributed by atoms with E-state index < -0.39 is 18.6 Å². The Morgan fingerprint density at radius 1 is 1.00 bits per heavy atom. The normalized spacial score (nSPS) is 31.9. The summed E-state index contributed by atoms with van der Waals surface area (Å²) < 4.78 is 16.6. The molecule has 0 aromatic rings. The number of halogens is 5. The van der Waals surface area contributed by atoms with E-state index in [4.69, 9.17) is 60.7 Å². The summed E-state index contributed by atoms with van der Waals surface area (Å²) in [5.74, 6) is -5.67. The number of rotatable bonds is 2. The molecule has 1 rings (SSSR count). The van der Waals surface area contributed by atoms with Gasteiger partial charge in [-0.2, -0.15) is 13.5 Å². The van der Waals surface area contributed by atoms with Crippen molar-refractivity contribution < 1.29 is 4.52 Å². The van der Waals surface area contributed by atoms with Crippen LogP contribution in [0.15, 0.2) is 25.9 Å². The van der Waals surface area contributed by atoms with Crippen LogP contribution in [0.4, 0.5) is 0 Å². The second-order valence-corrected chi connectivity index (χ2v) is 15.6. The lowest BCUT2D eigenvalue weighted by Gasteiger charge is -2.21. The zero-order valence-corrected chi connectivity index (χ0v) is 13.7. The molecule has 0 amide bonds. The SMILES string of the molecule is C=C(C)OP1(Cl)=NP(Cl)(Cl)=NP(Cl)(Cl)=N1. The van der Waals surface area contributed by atoms with E-state index in [0.29, 0.717) is 5.76 Å². The van der Waals surface area contributed by atoms with Crippen LogP contribution in [0, 0.1) is 0 Å². The first-order valence-corrected chi connectivity index (χ1v) is 12.8. The van der Waals surface area contributed by atoms with Gasteiger partial charge in [-0.3, -0.25) is 0 Å². The summed E-state index contributed by atoms with van der Waals surface area (Å²) >= 11 is 29.2. The van der Waals surface area contributed by atoms with Gasteiger partial charge in [0.1, 0.15) is 0 Å². The first-order chi connectivity index (χ1) is 6.54. The molecule has 0 bridgehead atoms. The predicted molar refractivity (Wildman–Crippen MR) is 73.2 cm³/mol. The molecular formula is C3H5Cl5N3OP3. The molecule has 1 atom stereocenters. The highest BCUT2D eigenvalue weighted by atomic mass is 35.9. The fraction of sp³-hybridized carbons (Fsp3) is 0.333. The molecule has 0 aromatic carbocycles. The first kappa shape index (κ1) is 14.7. The van der Waals surface area contributed by atoms with Gasteiger partial charge in [0, 0.05) is 0 Å². The molecule has 0 saturated carbocycles. The molecule has 15 heavy (non-hydrogen) atoms. The van der Waals surface area contributed by atoms with E-state index in [1.54, 1.807) is 6.92 Å². The van der Waals surface area contributed by atoms with Gasteiger partial charge in [0.25, 0.3) is 11.8 Å². The Bertz CT molecular complexity index is 452. The van der Waals surface area contributed by atoms with E-state index in [0.717, 1.165) is 0 Å². The molecule has 1 unspecified atom stereocenters. The van der Waals surface area contributed by atoms with Gasteiger partial charge >= 0.3 is 6.78 Å². The quantitative estimate of drug-likeness (QED) is 0.365. The molecule has 0 N–H and O–H groups in total. The topological polar surface area (TPSA) is 46.3 Å². The molecular weight excluding hydrogens is 364 g/mol. The summed E-state index contributed by atoms with van der Waals surface area (Å²) in [5.41, 5.74) is 0. The predicted octanol–water partition coefficient (Wildman–Crippen LogP) is 7.58. The number of hydrogen-bond donors (Lipinski definition) is 0. The van der Waals surface area contributed by atoms with Crippen molar-refractivity contribution >= 4 is 74.8 Å². The Balaban J connectivity index is 3.36. The molecule has 0 saturated heterocycles. The molecule has 1 aliphatic rings. The van der Waals surface area contributed by atoms with Gasteiger partial charge in [0.15, 0.2) is 0 Å². The van der Waals surface area contributed by atoms with Crippen molar-refractivity contribution in [1.29, 1.82) is 0 Å². The Kier molecular flexibility index (Phi) is 4.66. The second-order valence-electron chi connectivity index (χ2n) is 2.45. The second kappa shape index (κ2) is 4.75. The zero-order valence-electron chi connectivity index (χ0n) is 7.19. The van der Waals surface area contributed by atoms with Gasteiger partial charge in [-0.05, 0) is 63.1 Å². The van der Waals surface area contributed by atoms with Crippen LogP contribution >= 0.6 is 74.8 Å². The average Bonchev–Trinajstić information content (AvgIpc) is 1.70. The Morgan fingerprint density at radius 2 is 1.47 bits per heavy atom. The summed E-state index contributed by atoms with van der Waals surface area (Å²) in [6.07, 6.45) is 0. The monoisotopic (exact) mass is 367 g/mol. The third-order valence-electron chi connectivity index (χ3n) is 0.923. The average molecular weight is 369 g/mol. The van der Waals surface area contributed by atoms with Crippen LogP contribution in [-0.4, -0.2) is 0 Å². The molecule has 0 aliphatic carbocycles. The van der Waals surface area contributed by atoms with E-state index in [2.05, 4.69) is 20.1 Å². The summed E-state index contributed by atoms with van der Waals surface area (Å²) in [7, 11) is 0. The number of allylic oxidation sites excluding steroid dienone is 1. The van der Waals surface area contributed by atoms with Crippen LogP contribution in [0.3, 0.4) is 0 Å². The molecule has 0 fully saturated rings. The summed E-state index contributed by atoms with van der Waals surface area (Å²) in [4.78, 5) is 0. The molecule has 4 nitrogen and oxygen atoms in total. The highest BCUT2D eigenvalue weighted by Crippen LogP contribution is 2.86. The zero-order chi connectivity index (χ0) is 11.9. The molecule has 0 radical (unpaired) electrons. The number of hydrogen-bond acceptors (Lipinski definition) is 4. The van der Waals surface area contributed by atoms with Gasteiger partial charge in [0.05, 0.1) is 5.76 Å². The van der Waals surface area contributed by atoms with Crippen LogP contribution < -0.4 is 0 Å². The van der Waals surface area contributed by atoms with Crippen LogP contribution in [0.1, 0.15) is 6.92 Å². The lowest BCUT2D eigenvalue weighted by molar-refractivity contribution is 0.481. The van der Waals surface area contributed by atoms with Gasteiger partial charge < -0.3 is 4.52 Å². The third-order valence-corrected chi connectivity index (χ3v) is 13.0. The van der Waals surface area contributed by atoms with Crippen molar-refractivity contribution in [3.63, 3.8) is 0 Å². The molecule has 88 valence electrons. The van der Waals surface area contributed by atoms with E-state index in [1.807, 2.05) is 0 Å².